The molecule has 10 heteroatoms. The number of H-pyrrole nitrogens is 1. The number of rotatable bonds is 10. The molecule has 0 spiro atoms. The van der Waals surface area contributed by atoms with E-state index in [0.717, 1.165) is 57.3 Å². The van der Waals surface area contributed by atoms with Gasteiger partial charge in [0.2, 0.25) is 23.6 Å². The van der Waals surface area contributed by atoms with Gasteiger partial charge in [-0.25, -0.2) is 0 Å². The lowest BCUT2D eigenvalue weighted by Gasteiger charge is -2.24. The summed E-state index contributed by atoms with van der Waals surface area (Å²) in [6.07, 6.45) is 6.85. The highest BCUT2D eigenvalue weighted by atomic mass is 16.2. The number of benzene rings is 4. The Labute approximate surface area is 319 Å². The van der Waals surface area contributed by atoms with Gasteiger partial charge in [0.05, 0.1) is 18.5 Å². The number of hydrogen-bond donors (Lipinski definition) is 3. The van der Waals surface area contributed by atoms with Crippen LogP contribution in [-0.2, 0) is 32.0 Å². The molecule has 2 saturated heterocycles. The molecule has 2 aromatic heterocycles. The summed E-state index contributed by atoms with van der Waals surface area (Å²) in [5.74, 6) is -0.475. The van der Waals surface area contributed by atoms with Crippen molar-refractivity contribution in [2.24, 2.45) is 0 Å². The number of hydrogen-bond acceptors (Lipinski definition) is 5. The highest BCUT2D eigenvalue weighted by Gasteiger charge is 2.35. The third-order valence-corrected chi connectivity index (χ3v) is 10.6. The molecule has 2 atom stereocenters. The lowest BCUT2D eigenvalue weighted by molar-refractivity contribution is -0.136. The van der Waals surface area contributed by atoms with E-state index in [1.807, 2.05) is 115 Å². The van der Waals surface area contributed by atoms with Crippen LogP contribution in [0.1, 0.15) is 36.8 Å². The summed E-state index contributed by atoms with van der Waals surface area (Å²) in [5.41, 5.74) is 7.72. The van der Waals surface area contributed by atoms with Gasteiger partial charge < -0.3 is 25.4 Å². The minimum Gasteiger partial charge on any atom is -0.354 e. The quantitative estimate of drug-likeness (QED) is 0.137. The molecule has 0 aliphatic carbocycles. The summed E-state index contributed by atoms with van der Waals surface area (Å²) in [6.45, 7) is 1.13. The molecule has 0 bridgehead atoms. The Morgan fingerprint density at radius 3 is 1.71 bits per heavy atom. The number of nitrogens with zero attached hydrogens (tertiary/aromatic N) is 3. The van der Waals surface area contributed by atoms with Crippen LogP contribution in [0.3, 0.4) is 0 Å². The molecule has 0 saturated carbocycles. The van der Waals surface area contributed by atoms with Gasteiger partial charge in [-0.1, -0.05) is 72.8 Å². The maximum Gasteiger partial charge on any atom is 0.247 e. The summed E-state index contributed by atoms with van der Waals surface area (Å²) in [6, 6.07) is 35.5. The molecule has 4 amide bonds. The Kier molecular flexibility index (Phi) is 10.2. The fourth-order valence-electron chi connectivity index (χ4n) is 7.90. The number of fused-ring (bicyclic) bond motifs is 1. The molecular weight excluding hydrogens is 689 g/mol. The van der Waals surface area contributed by atoms with E-state index in [9.17, 15) is 19.2 Å². The molecule has 276 valence electrons. The van der Waals surface area contributed by atoms with Crippen molar-refractivity contribution < 1.29 is 19.2 Å². The van der Waals surface area contributed by atoms with Crippen molar-refractivity contribution in [3.8, 4) is 22.4 Å². The topological polar surface area (TPSA) is 128 Å². The van der Waals surface area contributed by atoms with E-state index in [4.69, 9.17) is 0 Å². The van der Waals surface area contributed by atoms with Crippen LogP contribution in [0.4, 0.5) is 11.4 Å². The van der Waals surface area contributed by atoms with E-state index in [1.165, 1.54) is 0 Å². The average molecular weight is 731 g/mol. The fraction of sp³-hybridized carbons (Fsp3) is 0.222. The normalized spacial score (nSPS) is 16.7. The number of carbonyl (C=O) groups excluding carboxylic acids is 4. The van der Waals surface area contributed by atoms with Gasteiger partial charge in [-0.3, -0.25) is 24.2 Å². The van der Waals surface area contributed by atoms with Gasteiger partial charge in [0.25, 0.3) is 0 Å². The molecule has 4 aromatic carbocycles. The molecule has 10 nitrogen and oxygen atoms in total. The van der Waals surface area contributed by atoms with Gasteiger partial charge in [-0.15, -0.1) is 0 Å². The number of likely N-dealkylation sites (tertiary alicyclic amines) is 2. The first kappa shape index (κ1) is 35.5. The predicted molar refractivity (Wildman–Crippen MR) is 214 cm³/mol. The number of aromatic nitrogens is 2. The Morgan fingerprint density at radius 2 is 1.15 bits per heavy atom. The predicted octanol–water partition coefficient (Wildman–Crippen LogP) is 7.24. The van der Waals surface area contributed by atoms with Crippen molar-refractivity contribution in [1.82, 2.24) is 19.8 Å². The number of anilines is 2. The second kappa shape index (κ2) is 15.8. The zero-order valence-corrected chi connectivity index (χ0v) is 30.4. The largest absolute Gasteiger partial charge is 0.354 e. The maximum absolute atomic E-state index is 13.6. The van der Waals surface area contributed by atoms with E-state index in [0.29, 0.717) is 37.3 Å². The van der Waals surface area contributed by atoms with Gasteiger partial charge in [-0.2, -0.15) is 0 Å². The summed E-state index contributed by atoms with van der Waals surface area (Å²) in [5, 5.41) is 7.06. The average Bonchev–Trinajstić information content (AvgIpc) is 3.99. The molecule has 4 heterocycles. The Morgan fingerprint density at radius 1 is 0.618 bits per heavy atom. The van der Waals surface area contributed by atoms with E-state index >= 15 is 0 Å². The third kappa shape index (κ3) is 7.75. The van der Waals surface area contributed by atoms with Gasteiger partial charge in [0.1, 0.15) is 12.1 Å². The SMILES string of the molecule is O=C(Nc1ccc(-c2[nH]c3ccc(NC(=O)[C@@H]4CCCN4C(=O)Cc4ccccc4)cc3c2-c2ccncc2)cc1)C1CCCN1C(=O)Cc1ccccc1. The van der Waals surface area contributed by atoms with Crippen molar-refractivity contribution >= 4 is 45.9 Å². The summed E-state index contributed by atoms with van der Waals surface area (Å²) < 4.78 is 0. The molecule has 2 fully saturated rings. The van der Waals surface area contributed by atoms with Crippen molar-refractivity contribution in [3.63, 3.8) is 0 Å². The Bertz CT molecular complexity index is 2330. The zero-order valence-electron chi connectivity index (χ0n) is 30.4. The van der Waals surface area contributed by atoms with Crippen LogP contribution < -0.4 is 10.6 Å². The highest BCUT2D eigenvalue weighted by Crippen LogP contribution is 2.39. The Balaban J connectivity index is 0.998. The lowest BCUT2D eigenvalue weighted by atomic mass is 9.98. The second-order valence-corrected chi connectivity index (χ2v) is 14.2. The third-order valence-electron chi connectivity index (χ3n) is 10.6. The summed E-state index contributed by atoms with van der Waals surface area (Å²) in [7, 11) is 0. The number of amides is 4. The van der Waals surface area contributed by atoms with Crippen molar-refractivity contribution in [2.75, 3.05) is 23.7 Å². The molecule has 3 N–H and O–H groups in total. The monoisotopic (exact) mass is 730 g/mol. The zero-order chi connectivity index (χ0) is 37.7. The van der Waals surface area contributed by atoms with Crippen LogP contribution in [0.15, 0.2) is 128 Å². The van der Waals surface area contributed by atoms with Gasteiger partial charge >= 0.3 is 0 Å². The minimum absolute atomic E-state index is 0.0428. The second-order valence-electron chi connectivity index (χ2n) is 14.2. The molecule has 55 heavy (non-hydrogen) atoms. The van der Waals surface area contributed by atoms with Gasteiger partial charge in [0.15, 0.2) is 0 Å². The van der Waals surface area contributed by atoms with Crippen LogP contribution in [0, 0.1) is 0 Å². The molecule has 2 aliphatic heterocycles. The van der Waals surface area contributed by atoms with Crippen molar-refractivity contribution in [1.29, 1.82) is 0 Å². The summed E-state index contributed by atoms with van der Waals surface area (Å²) >= 11 is 0. The van der Waals surface area contributed by atoms with Crippen molar-refractivity contribution in [3.05, 3.63) is 139 Å². The lowest BCUT2D eigenvalue weighted by Crippen LogP contribution is -2.43. The summed E-state index contributed by atoms with van der Waals surface area (Å²) in [4.78, 5) is 64.7. The van der Waals surface area contributed by atoms with Crippen molar-refractivity contribution in [2.45, 2.75) is 50.6 Å². The van der Waals surface area contributed by atoms with Crippen LogP contribution in [0.25, 0.3) is 33.3 Å². The van der Waals surface area contributed by atoms with Gasteiger partial charge in [0, 0.05) is 53.3 Å². The first-order chi connectivity index (χ1) is 26.9. The van der Waals surface area contributed by atoms with E-state index in [1.54, 1.807) is 22.2 Å². The number of aromatic amines is 1. The first-order valence-electron chi connectivity index (χ1n) is 18.9. The maximum atomic E-state index is 13.6. The van der Waals surface area contributed by atoms with E-state index in [2.05, 4.69) is 20.6 Å². The minimum atomic E-state index is -0.529. The molecule has 1 unspecified atom stereocenters. The molecule has 2 aliphatic rings. The molecule has 6 aromatic rings. The van der Waals surface area contributed by atoms with Crippen LogP contribution in [-0.4, -0.2) is 68.6 Å². The smallest absolute Gasteiger partial charge is 0.247 e. The molecular formula is C45H42N6O4. The van der Waals surface area contributed by atoms with E-state index in [-0.39, 0.29) is 36.5 Å². The highest BCUT2D eigenvalue weighted by molar-refractivity contribution is 6.07. The van der Waals surface area contributed by atoms with Crippen LogP contribution in [0.2, 0.25) is 0 Å². The first-order valence-corrected chi connectivity index (χ1v) is 18.9. The molecule has 0 radical (unpaired) electrons. The number of pyridine rings is 1. The molecule has 8 rings (SSSR count). The Hall–Kier alpha value is -6.55. The standard InChI is InChI=1S/C45H42N6O4/c52-40(27-30-9-3-1-4-10-30)50-25-7-13-38(50)44(54)47-34-17-15-33(16-18-34)43-42(32-21-23-46-24-22-32)36-29-35(19-20-37(36)49-43)48-45(55)39-14-8-26-51(39)41(53)28-31-11-5-2-6-12-31/h1-6,9-12,15-24,29,38-39,49H,7-8,13-14,25-28H2,(H,47,54)(H,48,55)/t38?,39-/m0/s1. The number of nitrogens with one attached hydrogen (secondary N) is 3. The fourth-order valence-corrected chi connectivity index (χ4v) is 7.90. The van der Waals surface area contributed by atoms with E-state index < -0.39 is 12.1 Å². The van der Waals surface area contributed by atoms with Crippen LogP contribution >= 0.6 is 0 Å². The van der Waals surface area contributed by atoms with Gasteiger partial charge in [-0.05, 0) is 90.4 Å². The number of carbonyl (C=O) groups is 4. The van der Waals surface area contributed by atoms with Crippen LogP contribution in [0.5, 0.6) is 0 Å².